The Morgan fingerprint density at radius 1 is 0.909 bits per heavy atom. The molecule has 2 heterocycles. The first-order valence-corrected chi connectivity index (χ1v) is 13.5. The number of ketones is 1. The van der Waals surface area contributed by atoms with Crippen LogP contribution in [0.4, 0.5) is 0 Å². The predicted octanol–water partition coefficient (Wildman–Crippen LogP) is 1.23. The van der Waals surface area contributed by atoms with Gasteiger partial charge in [0.25, 0.3) is 0 Å². The molecule has 13 nitrogen and oxygen atoms in total. The molecule has 7 unspecified atom stereocenters. The second-order valence-electron chi connectivity index (χ2n) is 10.1. The van der Waals surface area contributed by atoms with Gasteiger partial charge >= 0.3 is 5.97 Å². The van der Waals surface area contributed by atoms with Crippen molar-refractivity contribution in [3.63, 3.8) is 0 Å². The van der Waals surface area contributed by atoms with Gasteiger partial charge in [0.2, 0.25) is 12.1 Å². The van der Waals surface area contributed by atoms with Crippen LogP contribution in [0.1, 0.15) is 27.6 Å². The molecule has 0 aliphatic carbocycles. The van der Waals surface area contributed by atoms with Crippen molar-refractivity contribution in [2.45, 2.75) is 42.9 Å². The number of phenols is 2. The molecule has 1 saturated heterocycles. The summed E-state index contributed by atoms with van der Waals surface area (Å²) in [5.41, 5.74) is 0.858. The third-order valence-electron chi connectivity index (χ3n) is 7.17. The number of aliphatic hydroxyl groups is 4. The lowest BCUT2D eigenvalue weighted by atomic mass is 9.93. The molecule has 2 aliphatic rings. The van der Waals surface area contributed by atoms with Crippen molar-refractivity contribution in [3.8, 4) is 28.7 Å². The fourth-order valence-electron chi connectivity index (χ4n) is 4.76. The molecule has 0 spiro atoms. The number of ether oxygens (including phenoxy) is 5. The molecule has 0 radical (unpaired) electrons. The summed E-state index contributed by atoms with van der Waals surface area (Å²) < 4.78 is 27.4. The quantitative estimate of drug-likeness (QED) is 0.157. The zero-order valence-electron chi connectivity index (χ0n) is 23.2. The van der Waals surface area contributed by atoms with Gasteiger partial charge in [0.1, 0.15) is 65.3 Å². The number of carbonyl (C=O) groups excluding carboxylic acids is 2. The second kappa shape index (κ2) is 12.9. The van der Waals surface area contributed by atoms with Crippen molar-refractivity contribution < 1.29 is 63.9 Å². The summed E-state index contributed by atoms with van der Waals surface area (Å²) in [5, 5.41) is 61.4. The minimum Gasteiger partial charge on any atom is -0.508 e. The lowest BCUT2D eigenvalue weighted by molar-refractivity contribution is -0.278. The molecule has 0 amide bonds. The van der Waals surface area contributed by atoms with Gasteiger partial charge < -0.3 is 54.3 Å². The van der Waals surface area contributed by atoms with E-state index >= 15 is 0 Å². The lowest BCUT2D eigenvalue weighted by Gasteiger charge is -2.39. The van der Waals surface area contributed by atoms with Crippen LogP contribution in [0.3, 0.4) is 0 Å². The standard InChI is InChI=1S/C31H30O13/c1-40-19-12-20(33)24-21(13-19)43-30(28(38)26(24)36)16-5-9-18(10-6-16)42-31-29(39)27(37)25(35)22(44-31)14-41-23(34)11-4-15-2-7-17(32)8-3-15/h2-13,22,25,27-33,35,37-39H,14H2,1H3. The van der Waals surface area contributed by atoms with Gasteiger partial charge in [0, 0.05) is 18.2 Å². The van der Waals surface area contributed by atoms with Gasteiger partial charge in [-0.05, 0) is 41.5 Å². The molecule has 13 heteroatoms. The van der Waals surface area contributed by atoms with Crippen LogP contribution >= 0.6 is 0 Å². The second-order valence-corrected chi connectivity index (χ2v) is 10.1. The molecule has 0 saturated carbocycles. The average Bonchev–Trinajstić information content (AvgIpc) is 3.02. The summed E-state index contributed by atoms with van der Waals surface area (Å²) in [7, 11) is 1.39. The van der Waals surface area contributed by atoms with Crippen LogP contribution in [0.25, 0.3) is 6.08 Å². The molecule has 0 aromatic heterocycles. The number of methoxy groups -OCH3 is 1. The smallest absolute Gasteiger partial charge is 0.330 e. The van der Waals surface area contributed by atoms with Gasteiger partial charge in [0.15, 0.2) is 12.2 Å². The monoisotopic (exact) mass is 610 g/mol. The van der Waals surface area contributed by atoms with Gasteiger partial charge in [-0.2, -0.15) is 0 Å². The highest BCUT2D eigenvalue weighted by atomic mass is 16.7. The predicted molar refractivity (Wildman–Crippen MR) is 150 cm³/mol. The lowest BCUT2D eigenvalue weighted by Crippen LogP contribution is -2.60. The summed E-state index contributed by atoms with van der Waals surface area (Å²) in [6.45, 7) is -0.463. The molecule has 232 valence electrons. The first-order chi connectivity index (χ1) is 21.0. The fourth-order valence-corrected chi connectivity index (χ4v) is 4.76. The van der Waals surface area contributed by atoms with Gasteiger partial charge in [-0.1, -0.05) is 24.3 Å². The first-order valence-electron chi connectivity index (χ1n) is 13.5. The zero-order valence-corrected chi connectivity index (χ0v) is 23.2. The van der Waals surface area contributed by atoms with E-state index in [1.165, 1.54) is 61.7 Å². The maximum atomic E-state index is 12.8. The Morgan fingerprint density at radius 2 is 1.61 bits per heavy atom. The van der Waals surface area contributed by atoms with Crippen LogP contribution < -0.4 is 14.2 Å². The number of fused-ring (bicyclic) bond motifs is 1. The summed E-state index contributed by atoms with van der Waals surface area (Å²) in [4.78, 5) is 25.0. The molecule has 3 aromatic carbocycles. The normalized spacial score (nSPS) is 26.5. The highest BCUT2D eigenvalue weighted by molar-refractivity contribution is 6.05. The SMILES string of the molecule is COc1cc(O)c2c(c1)OC(c1ccc(OC3OC(COC(=O)C=Cc4ccc(O)cc4)C(O)C(O)C3O)cc1)C(O)C2=O. The van der Waals surface area contributed by atoms with Crippen LogP contribution in [0.5, 0.6) is 28.7 Å². The van der Waals surface area contributed by atoms with E-state index in [4.69, 9.17) is 23.7 Å². The van der Waals surface area contributed by atoms with Crippen molar-refractivity contribution in [1.82, 2.24) is 0 Å². The summed E-state index contributed by atoms with van der Waals surface area (Å²) in [5.74, 6) is -1.35. The third kappa shape index (κ3) is 6.46. The number of Topliss-reactive ketones (excluding diaryl/α,β-unsaturated/α-hetero) is 1. The van der Waals surface area contributed by atoms with Crippen molar-refractivity contribution in [3.05, 3.63) is 83.4 Å². The number of aromatic hydroxyl groups is 2. The fraction of sp³-hybridized carbons (Fsp3) is 0.290. The maximum Gasteiger partial charge on any atom is 0.330 e. The Hall–Kier alpha value is -4.66. The number of rotatable bonds is 8. The number of hydrogen-bond donors (Lipinski definition) is 6. The molecule has 5 rings (SSSR count). The Bertz CT molecular complexity index is 1520. The van der Waals surface area contributed by atoms with Gasteiger partial charge in [-0.3, -0.25) is 4.79 Å². The van der Waals surface area contributed by atoms with Crippen LogP contribution in [-0.2, 0) is 14.3 Å². The van der Waals surface area contributed by atoms with Crippen molar-refractivity contribution in [2.75, 3.05) is 13.7 Å². The molecule has 7 atom stereocenters. The van der Waals surface area contributed by atoms with Crippen molar-refractivity contribution in [1.29, 1.82) is 0 Å². The molecule has 44 heavy (non-hydrogen) atoms. The van der Waals surface area contributed by atoms with Crippen LogP contribution in [-0.4, -0.2) is 92.9 Å². The van der Waals surface area contributed by atoms with E-state index in [0.29, 0.717) is 11.1 Å². The topological polar surface area (TPSA) is 202 Å². The molecule has 0 bridgehead atoms. The first kappa shape index (κ1) is 30.8. The number of esters is 1. The third-order valence-corrected chi connectivity index (χ3v) is 7.17. The molecule has 1 fully saturated rings. The van der Waals surface area contributed by atoms with E-state index in [2.05, 4.69) is 0 Å². The number of phenolic OH excluding ortho intramolecular Hbond substituents is 2. The Morgan fingerprint density at radius 3 is 2.30 bits per heavy atom. The molecule has 2 aliphatic heterocycles. The minimum atomic E-state index is -1.69. The van der Waals surface area contributed by atoms with Gasteiger partial charge in [-0.25, -0.2) is 4.79 Å². The van der Waals surface area contributed by atoms with Crippen LogP contribution in [0.2, 0.25) is 0 Å². The van der Waals surface area contributed by atoms with E-state index in [9.17, 15) is 40.2 Å². The highest BCUT2D eigenvalue weighted by Gasteiger charge is 2.45. The Labute approximate surface area is 250 Å². The van der Waals surface area contributed by atoms with E-state index in [-0.39, 0.29) is 34.3 Å². The summed E-state index contributed by atoms with van der Waals surface area (Å²) >= 11 is 0. The summed E-state index contributed by atoms with van der Waals surface area (Å²) in [6, 6.07) is 14.6. The molecule has 6 N–H and O–H groups in total. The van der Waals surface area contributed by atoms with E-state index in [1.807, 2.05) is 0 Å². The zero-order chi connectivity index (χ0) is 31.5. The number of carbonyl (C=O) groups is 2. The minimum absolute atomic E-state index is 0.0383. The number of benzene rings is 3. The van der Waals surface area contributed by atoms with Crippen molar-refractivity contribution >= 4 is 17.8 Å². The Kier molecular flexibility index (Phi) is 9.04. The number of hydrogen-bond acceptors (Lipinski definition) is 13. The Balaban J connectivity index is 1.22. The van der Waals surface area contributed by atoms with E-state index in [1.54, 1.807) is 12.1 Å². The van der Waals surface area contributed by atoms with Crippen molar-refractivity contribution in [2.24, 2.45) is 0 Å². The highest BCUT2D eigenvalue weighted by Crippen LogP contribution is 2.42. The van der Waals surface area contributed by atoms with E-state index < -0.39 is 61.3 Å². The molecular formula is C31H30O13. The van der Waals surface area contributed by atoms with Crippen LogP contribution in [0, 0.1) is 0 Å². The van der Waals surface area contributed by atoms with Crippen LogP contribution in [0.15, 0.2) is 66.7 Å². The molecule has 3 aromatic rings. The summed E-state index contributed by atoms with van der Waals surface area (Å²) in [6.07, 6.45) is -7.78. The average molecular weight is 611 g/mol. The van der Waals surface area contributed by atoms with Gasteiger partial charge in [0.05, 0.1) is 7.11 Å². The maximum absolute atomic E-state index is 12.8. The largest absolute Gasteiger partial charge is 0.508 e. The van der Waals surface area contributed by atoms with Gasteiger partial charge in [-0.15, -0.1) is 0 Å². The number of aliphatic hydroxyl groups excluding tert-OH is 4. The molecular weight excluding hydrogens is 580 g/mol. The van der Waals surface area contributed by atoms with E-state index in [0.717, 1.165) is 6.08 Å².